The molecule has 2 rings (SSSR count). The third kappa shape index (κ3) is 3.59. The molecule has 0 bridgehead atoms. The van der Waals surface area contributed by atoms with Crippen LogP contribution in [0.15, 0.2) is 47.6 Å². The molecule has 1 unspecified atom stereocenters. The van der Waals surface area contributed by atoms with Crippen molar-refractivity contribution in [3.05, 3.63) is 53.9 Å². The summed E-state index contributed by atoms with van der Waals surface area (Å²) in [4.78, 5) is 4.44. The van der Waals surface area contributed by atoms with Gasteiger partial charge in [-0.3, -0.25) is 4.98 Å². The Morgan fingerprint density at radius 3 is 2.57 bits per heavy atom. The van der Waals surface area contributed by atoms with E-state index in [2.05, 4.69) is 10.3 Å². The fourth-order valence-corrected chi connectivity index (χ4v) is 2.83. The Kier molecular flexibility index (Phi) is 4.59. The molecule has 0 aliphatic carbocycles. The van der Waals surface area contributed by atoms with Crippen LogP contribution in [0.3, 0.4) is 0 Å². The van der Waals surface area contributed by atoms with Gasteiger partial charge in [-0.05, 0) is 36.4 Å². The highest BCUT2D eigenvalue weighted by Crippen LogP contribution is 2.25. The van der Waals surface area contributed by atoms with Gasteiger partial charge in [0.05, 0.1) is 24.2 Å². The van der Waals surface area contributed by atoms with E-state index in [1.165, 1.54) is 6.26 Å². The largest absolute Gasteiger partial charge is 0.495 e. The number of hydrogen-bond donors (Lipinski definition) is 1. The minimum atomic E-state index is -3.23. The molecule has 6 heteroatoms. The van der Waals surface area contributed by atoms with Crippen LogP contribution in [-0.2, 0) is 9.84 Å². The zero-order valence-corrected chi connectivity index (χ0v) is 13.0. The summed E-state index contributed by atoms with van der Waals surface area (Å²) in [6.45, 7) is 0. The Morgan fingerprint density at radius 2 is 1.95 bits per heavy atom. The maximum Gasteiger partial charge on any atom is 0.175 e. The normalized spacial score (nSPS) is 12.9. The first-order valence-electron chi connectivity index (χ1n) is 6.42. The zero-order valence-electron chi connectivity index (χ0n) is 12.2. The lowest BCUT2D eigenvalue weighted by Gasteiger charge is -2.18. The number of ether oxygens (including phenoxy) is 1. The summed E-state index contributed by atoms with van der Waals surface area (Å²) in [5.74, 6) is 0.659. The van der Waals surface area contributed by atoms with Crippen LogP contribution in [0.2, 0.25) is 0 Å². The number of benzene rings is 1. The van der Waals surface area contributed by atoms with Crippen LogP contribution < -0.4 is 10.1 Å². The van der Waals surface area contributed by atoms with Crippen molar-refractivity contribution in [1.29, 1.82) is 0 Å². The van der Waals surface area contributed by atoms with Crippen LogP contribution in [0, 0.1) is 0 Å². The van der Waals surface area contributed by atoms with Crippen molar-refractivity contribution in [3.63, 3.8) is 0 Å². The molecule has 112 valence electrons. The third-order valence-corrected chi connectivity index (χ3v) is 4.32. The molecule has 0 saturated carbocycles. The standard InChI is InChI=1S/C15H18N2O3S/c1-16-15(12-7-13(20-2)10-17-9-12)11-5-4-6-14(8-11)21(3,18)19/h4-10,15-16H,1-3H3. The van der Waals surface area contributed by atoms with E-state index in [1.54, 1.807) is 37.7 Å². The summed E-state index contributed by atoms with van der Waals surface area (Å²) in [5.41, 5.74) is 1.76. The average Bonchev–Trinajstić information content (AvgIpc) is 2.48. The van der Waals surface area contributed by atoms with E-state index in [-0.39, 0.29) is 6.04 Å². The Hall–Kier alpha value is -1.92. The van der Waals surface area contributed by atoms with Crippen LogP contribution in [-0.4, -0.2) is 33.8 Å². The SMILES string of the molecule is CNC(c1cncc(OC)c1)c1cccc(S(C)(=O)=O)c1. The molecule has 5 nitrogen and oxygen atoms in total. The summed E-state index contributed by atoms with van der Waals surface area (Å²) >= 11 is 0. The number of hydrogen-bond acceptors (Lipinski definition) is 5. The average molecular weight is 306 g/mol. The van der Waals surface area contributed by atoms with E-state index < -0.39 is 9.84 Å². The van der Waals surface area contributed by atoms with Crippen LogP contribution >= 0.6 is 0 Å². The van der Waals surface area contributed by atoms with Gasteiger partial charge >= 0.3 is 0 Å². The maximum atomic E-state index is 11.7. The maximum absolute atomic E-state index is 11.7. The van der Waals surface area contributed by atoms with Crippen molar-refractivity contribution in [1.82, 2.24) is 10.3 Å². The van der Waals surface area contributed by atoms with E-state index in [0.717, 1.165) is 11.1 Å². The van der Waals surface area contributed by atoms with Gasteiger partial charge in [-0.2, -0.15) is 0 Å². The number of pyridine rings is 1. The van der Waals surface area contributed by atoms with Crippen molar-refractivity contribution < 1.29 is 13.2 Å². The van der Waals surface area contributed by atoms with Crippen molar-refractivity contribution in [2.24, 2.45) is 0 Å². The van der Waals surface area contributed by atoms with E-state index >= 15 is 0 Å². The van der Waals surface area contributed by atoms with Crippen molar-refractivity contribution in [2.75, 3.05) is 20.4 Å². The number of nitrogens with zero attached hydrogens (tertiary/aromatic N) is 1. The summed E-state index contributed by atoms with van der Waals surface area (Å²) in [6, 6.07) is 8.61. The number of methoxy groups -OCH3 is 1. The summed E-state index contributed by atoms with van der Waals surface area (Å²) in [6.07, 6.45) is 4.56. The van der Waals surface area contributed by atoms with Gasteiger partial charge in [0, 0.05) is 12.5 Å². The Balaban J connectivity index is 2.46. The molecule has 1 aromatic carbocycles. The second kappa shape index (κ2) is 6.24. The van der Waals surface area contributed by atoms with Crippen LogP contribution in [0.1, 0.15) is 17.2 Å². The van der Waals surface area contributed by atoms with Crippen molar-refractivity contribution >= 4 is 9.84 Å². The zero-order chi connectivity index (χ0) is 15.5. The van der Waals surface area contributed by atoms with Gasteiger partial charge in [0.1, 0.15) is 5.75 Å². The smallest absolute Gasteiger partial charge is 0.175 e. The molecule has 1 aromatic heterocycles. The van der Waals surface area contributed by atoms with Crippen molar-refractivity contribution in [3.8, 4) is 5.75 Å². The molecule has 0 aliphatic rings. The van der Waals surface area contributed by atoms with Gasteiger partial charge in [0.15, 0.2) is 9.84 Å². The van der Waals surface area contributed by atoms with Crippen LogP contribution in [0.25, 0.3) is 0 Å². The first-order chi connectivity index (χ1) is 9.95. The molecule has 21 heavy (non-hydrogen) atoms. The highest BCUT2D eigenvalue weighted by atomic mass is 32.2. The van der Waals surface area contributed by atoms with Gasteiger partial charge in [-0.1, -0.05) is 12.1 Å². The molecule has 1 atom stereocenters. The molecule has 0 spiro atoms. The minimum absolute atomic E-state index is 0.158. The molecular formula is C15H18N2O3S. The molecule has 1 N–H and O–H groups in total. The second-order valence-corrected chi connectivity index (χ2v) is 6.74. The molecular weight excluding hydrogens is 288 g/mol. The third-order valence-electron chi connectivity index (χ3n) is 3.21. The fraction of sp³-hybridized carbons (Fsp3) is 0.267. The van der Waals surface area contributed by atoms with Gasteiger partial charge in [-0.25, -0.2) is 8.42 Å². The number of nitrogens with one attached hydrogen (secondary N) is 1. The number of rotatable bonds is 5. The Labute approximate surface area is 124 Å². The van der Waals surface area contributed by atoms with Gasteiger partial charge in [0.2, 0.25) is 0 Å². The molecule has 0 amide bonds. The van der Waals surface area contributed by atoms with E-state index in [9.17, 15) is 8.42 Å². The predicted octanol–water partition coefficient (Wildman–Crippen LogP) is 1.80. The molecule has 1 heterocycles. The lowest BCUT2D eigenvalue weighted by atomic mass is 10.0. The lowest BCUT2D eigenvalue weighted by Crippen LogP contribution is -2.18. The van der Waals surface area contributed by atoms with Gasteiger partial charge < -0.3 is 10.1 Å². The van der Waals surface area contributed by atoms with E-state index in [4.69, 9.17) is 4.74 Å². The summed E-state index contributed by atoms with van der Waals surface area (Å²) < 4.78 is 28.5. The molecule has 0 radical (unpaired) electrons. The minimum Gasteiger partial charge on any atom is -0.495 e. The highest BCUT2D eigenvalue weighted by molar-refractivity contribution is 7.90. The summed E-state index contributed by atoms with van der Waals surface area (Å²) in [5, 5.41) is 3.17. The van der Waals surface area contributed by atoms with Crippen LogP contribution in [0.5, 0.6) is 5.75 Å². The number of aromatic nitrogens is 1. The monoisotopic (exact) mass is 306 g/mol. The first-order valence-corrected chi connectivity index (χ1v) is 8.31. The molecule has 0 saturated heterocycles. The lowest BCUT2D eigenvalue weighted by molar-refractivity contribution is 0.411. The van der Waals surface area contributed by atoms with E-state index in [0.29, 0.717) is 10.6 Å². The molecule has 2 aromatic rings. The topological polar surface area (TPSA) is 68.3 Å². The fourth-order valence-electron chi connectivity index (χ4n) is 2.16. The number of sulfone groups is 1. The van der Waals surface area contributed by atoms with E-state index in [1.807, 2.05) is 19.2 Å². The Bertz CT molecular complexity index is 729. The molecule has 0 fully saturated rings. The quantitative estimate of drug-likeness (QED) is 0.912. The highest BCUT2D eigenvalue weighted by Gasteiger charge is 2.16. The second-order valence-electron chi connectivity index (χ2n) is 4.72. The molecule has 0 aliphatic heterocycles. The summed E-state index contributed by atoms with van der Waals surface area (Å²) in [7, 11) is 0.169. The van der Waals surface area contributed by atoms with Gasteiger partial charge in [0.25, 0.3) is 0 Å². The van der Waals surface area contributed by atoms with Gasteiger partial charge in [-0.15, -0.1) is 0 Å². The van der Waals surface area contributed by atoms with Crippen LogP contribution in [0.4, 0.5) is 0 Å². The Morgan fingerprint density at radius 1 is 1.19 bits per heavy atom. The predicted molar refractivity (Wildman–Crippen MR) is 81.2 cm³/mol. The van der Waals surface area contributed by atoms with Crippen molar-refractivity contribution in [2.45, 2.75) is 10.9 Å². The first kappa shape index (κ1) is 15.5.